The number of halogens is 1. The van der Waals surface area contributed by atoms with Crippen LogP contribution in [0.15, 0.2) is 42.9 Å². The van der Waals surface area contributed by atoms with Crippen LogP contribution in [-0.2, 0) is 27.9 Å². The zero-order valence-corrected chi connectivity index (χ0v) is 23.2. The summed E-state index contributed by atoms with van der Waals surface area (Å²) in [6.07, 6.45) is 5.06. The Balaban J connectivity index is 1.25. The van der Waals surface area contributed by atoms with E-state index in [0.29, 0.717) is 37.9 Å². The van der Waals surface area contributed by atoms with Gasteiger partial charge in [-0.25, -0.2) is 15.0 Å². The molecule has 1 aromatic carbocycles. The van der Waals surface area contributed by atoms with E-state index < -0.39 is 0 Å². The third kappa shape index (κ3) is 5.31. The van der Waals surface area contributed by atoms with Gasteiger partial charge >= 0.3 is 0 Å². The maximum absolute atomic E-state index is 13.5. The molecule has 1 fully saturated rings. The van der Waals surface area contributed by atoms with Gasteiger partial charge in [0.05, 0.1) is 37.0 Å². The van der Waals surface area contributed by atoms with Gasteiger partial charge in [-0.3, -0.25) is 9.69 Å². The van der Waals surface area contributed by atoms with Gasteiger partial charge in [0.15, 0.2) is 0 Å². The molecule has 1 amide bonds. The molecule has 3 aliphatic rings. The highest BCUT2D eigenvalue weighted by atomic mass is 35.5. The van der Waals surface area contributed by atoms with E-state index in [1.54, 1.807) is 12.5 Å². The molecule has 1 saturated heterocycles. The fraction of sp³-hybridized carbons (Fsp3) is 0.448. The van der Waals surface area contributed by atoms with Crippen LogP contribution in [0, 0.1) is 0 Å². The summed E-state index contributed by atoms with van der Waals surface area (Å²) in [6, 6.07) is 10.0. The molecule has 204 valence electrons. The average molecular weight is 548 g/mol. The van der Waals surface area contributed by atoms with Crippen LogP contribution in [0.3, 0.4) is 0 Å². The molecule has 3 aliphatic heterocycles. The molecule has 2 aromatic heterocycles. The molecule has 5 heterocycles. The summed E-state index contributed by atoms with van der Waals surface area (Å²) in [5.41, 5.74) is 5.14. The summed E-state index contributed by atoms with van der Waals surface area (Å²) in [5, 5.41) is 4.18. The Bertz CT molecular complexity index is 1380. The van der Waals surface area contributed by atoms with E-state index in [1.165, 1.54) is 5.56 Å². The largest absolute Gasteiger partial charge is 0.379 e. The second-order valence-corrected chi connectivity index (χ2v) is 11.5. The van der Waals surface area contributed by atoms with Gasteiger partial charge in [0, 0.05) is 49.3 Å². The van der Waals surface area contributed by atoms with Crippen LogP contribution in [0.1, 0.15) is 37.1 Å². The van der Waals surface area contributed by atoms with Gasteiger partial charge in [-0.2, -0.15) is 0 Å². The monoisotopic (exact) mass is 547 g/mol. The lowest BCUT2D eigenvalue weighted by molar-refractivity contribution is -0.120. The quantitative estimate of drug-likeness (QED) is 0.509. The minimum atomic E-state index is -0.00606. The normalized spacial score (nSPS) is 18.8. The number of aromatic nitrogens is 3. The number of morpholine rings is 1. The molecule has 10 heteroatoms. The van der Waals surface area contributed by atoms with Crippen LogP contribution in [0.2, 0.25) is 5.02 Å². The zero-order valence-electron chi connectivity index (χ0n) is 22.5. The third-order valence-electron chi connectivity index (χ3n) is 8.05. The van der Waals surface area contributed by atoms with Crippen molar-refractivity contribution in [1.29, 1.82) is 0 Å². The van der Waals surface area contributed by atoms with Gasteiger partial charge in [-0.15, -0.1) is 0 Å². The van der Waals surface area contributed by atoms with Crippen LogP contribution in [0.25, 0.3) is 0 Å². The number of anilines is 4. The highest BCUT2D eigenvalue weighted by Crippen LogP contribution is 2.41. The van der Waals surface area contributed by atoms with Crippen LogP contribution >= 0.6 is 11.6 Å². The molecule has 0 unspecified atom stereocenters. The molecule has 6 rings (SSSR count). The lowest BCUT2D eigenvalue weighted by Gasteiger charge is -2.40. The molecule has 0 radical (unpaired) electrons. The minimum absolute atomic E-state index is 0.00606. The Morgan fingerprint density at radius 1 is 1.10 bits per heavy atom. The number of carbonyl (C=O) groups is 1. The predicted octanol–water partition coefficient (Wildman–Crippen LogP) is 4.18. The predicted molar refractivity (Wildman–Crippen MR) is 153 cm³/mol. The molecule has 0 saturated carbocycles. The SMILES string of the molecule is CC1(C)CCN(C(=O)CN2CCOCC2)c2cc(Nc3ncnc4c3CCN(c3ncccc3Cl)C4)ccc21. The standard InChI is InChI=1S/C29H34ClN7O2/c1-29(2)8-11-37(26(38)18-35-12-14-39-15-13-35)25-16-20(5-6-22(25)29)34-27-21-7-10-36(17-24(21)32-19-33-27)28-23(30)4-3-9-31-28/h3-6,9,16,19H,7-8,10-15,17-18H2,1-2H3,(H,32,33,34). The van der Waals surface area contributed by atoms with Crippen molar-refractivity contribution in [3.63, 3.8) is 0 Å². The number of hydrogen-bond acceptors (Lipinski definition) is 8. The van der Waals surface area contributed by atoms with Crippen molar-refractivity contribution in [3.05, 3.63) is 64.7 Å². The molecule has 0 bridgehead atoms. The van der Waals surface area contributed by atoms with Gasteiger partial charge in [0.25, 0.3) is 0 Å². The van der Waals surface area contributed by atoms with Crippen molar-refractivity contribution >= 4 is 40.5 Å². The number of fused-ring (bicyclic) bond motifs is 2. The highest BCUT2D eigenvalue weighted by molar-refractivity contribution is 6.32. The van der Waals surface area contributed by atoms with Crippen molar-refractivity contribution in [2.24, 2.45) is 0 Å². The molecule has 0 atom stereocenters. The molecule has 1 N–H and O–H groups in total. The topological polar surface area (TPSA) is 86.7 Å². The Labute approximate surface area is 234 Å². The van der Waals surface area contributed by atoms with E-state index in [9.17, 15) is 4.79 Å². The summed E-state index contributed by atoms with van der Waals surface area (Å²) in [4.78, 5) is 33.4. The molecule has 0 aliphatic carbocycles. The average Bonchev–Trinajstić information content (AvgIpc) is 2.93. The number of pyridine rings is 1. The van der Waals surface area contributed by atoms with Crippen molar-refractivity contribution in [2.45, 2.75) is 38.6 Å². The Morgan fingerprint density at radius 3 is 2.77 bits per heavy atom. The number of ether oxygens (including phenoxy) is 1. The molecule has 3 aromatic rings. The van der Waals surface area contributed by atoms with Crippen molar-refractivity contribution in [2.75, 3.05) is 61.1 Å². The van der Waals surface area contributed by atoms with Gasteiger partial charge in [0.1, 0.15) is 18.0 Å². The van der Waals surface area contributed by atoms with Crippen LogP contribution in [0.4, 0.5) is 23.0 Å². The lowest BCUT2D eigenvalue weighted by Crippen LogP contribution is -2.48. The number of nitrogens with zero attached hydrogens (tertiary/aromatic N) is 6. The fourth-order valence-corrected chi connectivity index (χ4v) is 5.98. The Kier molecular flexibility index (Phi) is 7.14. The number of carbonyl (C=O) groups excluding carboxylic acids is 1. The van der Waals surface area contributed by atoms with Crippen LogP contribution in [-0.4, -0.2) is 71.7 Å². The van der Waals surface area contributed by atoms with Crippen LogP contribution < -0.4 is 15.1 Å². The van der Waals surface area contributed by atoms with E-state index in [1.807, 2.05) is 17.0 Å². The molecule has 9 nitrogen and oxygen atoms in total. The zero-order chi connectivity index (χ0) is 27.0. The first-order valence-electron chi connectivity index (χ1n) is 13.6. The number of benzene rings is 1. The van der Waals surface area contributed by atoms with Crippen molar-refractivity contribution in [1.82, 2.24) is 19.9 Å². The van der Waals surface area contributed by atoms with Crippen LogP contribution in [0.5, 0.6) is 0 Å². The Hall–Kier alpha value is -3.27. The van der Waals surface area contributed by atoms with Gasteiger partial charge in [-0.1, -0.05) is 31.5 Å². The van der Waals surface area contributed by atoms with Crippen molar-refractivity contribution in [3.8, 4) is 0 Å². The smallest absolute Gasteiger partial charge is 0.241 e. The number of hydrogen-bond donors (Lipinski definition) is 1. The van der Waals surface area contributed by atoms with E-state index in [2.05, 4.69) is 62.1 Å². The number of rotatable bonds is 5. The van der Waals surface area contributed by atoms with Gasteiger partial charge in [0.2, 0.25) is 5.91 Å². The Morgan fingerprint density at radius 2 is 1.95 bits per heavy atom. The first-order chi connectivity index (χ1) is 18.9. The van der Waals surface area contributed by atoms with Gasteiger partial charge in [-0.05, 0) is 48.1 Å². The molecular formula is C29H34ClN7O2. The fourth-order valence-electron chi connectivity index (χ4n) is 5.74. The molecule has 0 spiro atoms. The first-order valence-corrected chi connectivity index (χ1v) is 14.0. The van der Waals surface area contributed by atoms with E-state index in [0.717, 1.165) is 66.7 Å². The second kappa shape index (κ2) is 10.7. The van der Waals surface area contributed by atoms with E-state index >= 15 is 0 Å². The van der Waals surface area contributed by atoms with E-state index in [-0.39, 0.29) is 11.3 Å². The summed E-state index contributed by atoms with van der Waals surface area (Å²) >= 11 is 6.40. The minimum Gasteiger partial charge on any atom is -0.379 e. The third-order valence-corrected chi connectivity index (χ3v) is 8.34. The van der Waals surface area contributed by atoms with Crippen molar-refractivity contribution < 1.29 is 9.53 Å². The summed E-state index contributed by atoms with van der Waals surface area (Å²) < 4.78 is 5.46. The summed E-state index contributed by atoms with van der Waals surface area (Å²) in [6.45, 7) is 9.97. The van der Waals surface area contributed by atoms with E-state index in [4.69, 9.17) is 16.3 Å². The molecular weight excluding hydrogens is 514 g/mol. The summed E-state index contributed by atoms with van der Waals surface area (Å²) in [5.74, 6) is 1.71. The number of nitrogens with one attached hydrogen (secondary N) is 1. The first kappa shape index (κ1) is 26.0. The second-order valence-electron chi connectivity index (χ2n) is 11.1. The highest BCUT2D eigenvalue weighted by Gasteiger charge is 2.34. The summed E-state index contributed by atoms with van der Waals surface area (Å²) in [7, 11) is 0. The maximum Gasteiger partial charge on any atom is 0.241 e. The lowest BCUT2D eigenvalue weighted by atomic mass is 9.77. The number of amides is 1. The van der Waals surface area contributed by atoms with Gasteiger partial charge < -0.3 is 19.9 Å². The maximum atomic E-state index is 13.5. The molecule has 39 heavy (non-hydrogen) atoms.